The molecule has 0 unspecified atom stereocenters. The molecule has 4 rings (SSSR count). The highest BCUT2D eigenvalue weighted by Crippen LogP contribution is 2.48. The van der Waals surface area contributed by atoms with E-state index in [2.05, 4.69) is 5.32 Å². The zero-order valence-corrected chi connectivity index (χ0v) is 13.8. The van der Waals surface area contributed by atoms with Crippen LogP contribution in [0.25, 0.3) is 11.3 Å². The van der Waals surface area contributed by atoms with Crippen molar-refractivity contribution in [2.75, 3.05) is 5.32 Å². The number of fused-ring (bicyclic) bond motifs is 2. The Morgan fingerprint density at radius 3 is 2.32 bits per heavy atom. The van der Waals surface area contributed by atoms with Crippen LogP contribution in [0.5, 0.6) is 0 Å². The van der Waals surface area contributed by atoms with E-state index >= 15 is 0 Å². The van der Waals surface area contributed by atoms with E-state index in [4.69, 9.17) is 4.42 Å². The van der Waals surface area contributed by atoms with Gasteiger partial charge in [-0.25, -0.2) is 0 Å². The molecule has 0 saturated heterocycles. The molecule has 25 heavy (non-hydrogen) atoms. The second-order valence-electron chi connectivity index (χ2n) is 6.82. The molecule has 1 fully saturated rings. The zero-order valence-electron chi connectivity index (χ0n) is 13.8. The smallest absolute Gasteiger partial charge is 0.307 e. The fourth-order valence-electron chi connectivity index (χ4n) is 4.05. The van der Waals surface area contributed by atoms with Crippen LogP contribution < -0.4 is 5.32 Å². The van der Waals surface area contributed by atoms with Crippen LogP contribution in [0.2, 0.25) is 0 Å². The minimum Gasteiger partial charge on any atom is -0.481 e. The Bertz CT molecular complexity index is 849. The largest absolute Gasteiger partial charge is 0.481 e. The Balaban J connectivity index is 1.49. The first-order valence-electron chi connectivity index (χ1n) is 8.42. The second-order valence-corrected chi connectivity index (χ2v) is 6.82. The average molecular weight is 337 g/mol. The van der Waals surface area contributed by atoms with Crippen molar-refractivity contribution in [2.45, 2.75) is 13.3 Å². The van der Waals surface area contributed by atoms with Gasteiger partial charge in [-0.05, 0) is 61.6 Å². The Morgan fingerprint density at radius 1 is 1.04 bits per heavy atom. The molecule has 1 saturated carbocycles. The number of carboxylic acid groups (broad SMARTS) is 1. The lowest BCUT2D eigenvalue weighted by molar-refractivity contribution is -0.146. The van der Waals surface area contributed by atoms with Gasteiger partial charge < -0.3 is 14.8 Å². The van der Waals surface area contributed by atoms with Gasteiger partial charge in [0.15, 0.2) is 0 Å². The number of aliphatic carboxylic acids is 1. The van der Waals surface area contributed by atoms with E-state index in [1.54, 1.807) is 0 Å². The van der Waals surface area contributed by atoms with Crippen molar-refractivity contribution in [3.8, 4) is 11.3 Å². The SMILES string of the molecule is Cc1ccc(-c2ccc(NC(=O)[C@H]3[C@H](C(=O)O)[C@@H]4C=C[C@H]3C4)cc2)o1. The summed E-state index contributed by atoms with van der Waals surface area (Å²) in [6.45, 7) is 1.89. The molecule has 2 N–H and O–H groups in total. The maximum absolute atomic E-state index is 12.7. The Kier molecular flexibility index (Phi) is 3.71. The summed E-state index contributed by atoms with van der Waals surface area (Å²) in [6, 6.07) is 11.2. The Morgan fingerprint density at radius 2 is 1.72 bits per heavy atom. The number of hydrogen-bond acceptors (Lipinski definition) is 3. The van der Waals surface area contributed by atoms with Gasteiger partial charge >= 0.3 is 5.97 Å². The first-order chi connectivity index (χ1) is 12.0. The molecule has 2 aliphatic rings. The van der Waals surface area contributed by atoms with Crippen LogP contribution in [-0.2, 0) is 9.59 Å². The monoisotopic (exact) mass is 337 g/mol. The topological polar surface area (TPSA) is 79.5 Å². The van der Waals surface area contributed by atoms with E-state index in [-0.39, 0.29) is 17.7 Å². The van der Waals surface area contributed by atoms with Gasteiger partial charge in [-0.15, -0.1) is 0 Å². The standard InChI is InChI=1S/C20H19NO4/c1-11-2-9-16(25-11)12-5-7-15(8-6-12)21-19(22)17-13-3-4-14(10-13)18(17)20(23)24/h2-9,13-14,17-18H,10H2,1H3,(H,21,22)(H,23,24)/t13-,14+,17+,18+/m0/s1. The van der Waals surface area contributed by atoms with E-state index in [1.165, 1.54) is 0 Å². The number of hydrogen-bond donors (Lipinski definition) is 2. The van der Waals surface area contributed by atoms with Crippen molar-refractivity contribution in [3.05, 3.63) is 54.3 Å². The van der Waals surface area contributed by atoms with Gasteiger partial charge in [-0.1, -0.05) is 12.2 Å². The minimum absolute atomic E-state index is 0.0245. The molecule has 5 nitrogen and oxygen atoms in total. The molecular formula is C20H19NO4. The first kappa shape index (κ1) is 15.7. The third-order valence-corrected chi connectivity index (χ3v) is 5.22. The summed E-state index contributed by atoms with van der Waals surface area (Å²) in [5.74, 6) is -0.609. The van der Waals surface area contributed by atoms with E-state index < -0.39 is 17.8 Å². The summed E-state index contributed by atoms with van der Waals surface area (Å²) >= 11 is 0. The molecule has 1 heterocycles. The van der Waals surface area contributed by atoms with E-state index in [0.29, 0.717) is 5.69 Å². The molecule has 0 spiro atoms. The van der Waals surface area contributed by atoms with Crippen molar-refractivity contribution in [3.63, 3.8) is 0 Å². The average Bonchev–Trinajstić information content (AvgIpc) is 3.30. The maximum Gasteiger partial charge on any atom is 0.307 e. The molecule has 5 heteroatoms. The van der Waals surface area contributed by atoms with Gasteiger partial charge in [0.2, 0.25) is 5.91 Å². The number of amides is 1. The van der Waals surface area contributed by atoms with Gasteiger partial charge in [0.25, 0.3) is 0 Å². The Labute approximate surface area is 145 Å². The molecule has 4 atom stereocenters. The van der Waals surface area contributed by atoms with Crippen molar-refractivity contribution in [1.82, 2.24) is 0 Å². The highest BCUT2D eigenvalue weighted by molar-refractivity contribution is 5.96. The number of carbonyl (C=O) groups excluding carboxylic acids is 1. The summed E-state index contributed by atoms with van der Waals surface area (Å²) in [6.07, 6.45) is 4.68. The highest BCUT2D eigenvalue weighted by Gasteiger charge is 2.51. The van der Waals surface area contributed by atoms with Crippen molar-refractivity contribution < 1.29 is 19.1 Å². The highest BCUT2D eigenvalue weighted by atomic mass is 16.4. The van der Waals surface area contributed by atoms with Crippen LogP contribution in [0, 0.1) is 30.6 Å². The molecule has 0 radical (unpaired) electrons. The lowest BCUT2D eigenvalue weighted by Crippen LogP contribution is -2.36. The van der Waals surface area contributed by atoms with Crippen LogP contribution in [0.15, 0.2) is 53.0 Å². The molecule has 2 aromatic rings. The summed E-state index contributed by atoms with van der Waals surface area (Å²) in [4.78, 5) is 24.2. The number of rotatable bonds is 4. The van der Waals surface area contributed by atoms with Crippen LogP contribution >= 0.6 is 0 Å². The fraction of sp³-hybridized carbons (Fsp3) is 0.300. The van der Waals surface area contributed by atoms with Gasteiger partial charge in [0.1, 0.15) is 11.5 Å². The minimum atomic E-state index is -0.888. The first-order valence-corrected chi connectivity index (χ1v) is 8.42. The molecule has 1 aromatic heterocycles. The van der Waals surface area contributed by atoms with Crippen LogP contribution in [0.3, 0.4) is 0 Å². The van der Waals surface area contributed by atoms with Crippen LogP contribution in [0.4, 0.5) is 5.69 Å². The van der Waals surface area contributed by atoms with E-state index in [0.717, 1.165) is 23.5 Å². The van der Waals surface area contributed by atoms with Crippen molar-refractivity contribution in [2.24, 2.45) is 23.7 Å². The van der Waals surface area contributed by atoms with Gasteiger partial charge in [-0.2, -0.15) is 0 Å². The molecule has 0 aliphatic heterocycles. The molecule has 1 aromatic carbocycles. The lowest BCUT2D eigenvalue weighted by Gasteiger charge is -2.23. The third-order valence-electron chi connectivity index (χ3n) is 5.22. The number of benzene rings is 1. The summed E-state index contributed by atoms with van der Waals surface area (Å²) in [5, 5.41) is 12.3. The number of carboxylic acids is 1. The third kappa shape index (κ3) is 2.76. The maximum atomic E-state index is 12.7. The van der Waals surface area contributed by atoms with E-state index in [9.17, 15) is 14.7 Å². The number of allylic oxidation sites excluding steroid dienone is 2. The quantitative estimate of drug-likeness (QED) is 0.834. The van der Waals surface area contributed by atoms with Crippen molar-refractivity contribution in [1.29, 1.82) is 0 Å². The molecule has 2 bridgehead atoms. The normalized spacial score (nSPS) is 26.8. The molecule has 1 amide bonds. The second kappa shape index (κ2) is 5.92. The number of furan rings is 1. The summed E-state index contributed by atoms with van der Waals surface area (Å²) < 4.78 is 5.59. The number of carbonyl (C=O) groups is 2. The summed E-state index contributed by atoms with van der Waals surface area (Å²) in [5.41, 5.74) is 1.59. The van der Waals surface area contributed by atoms with Gasteiger partial charge in [0, 0.05) is 11.3 Å². The molecular weight excluding hydrogens is 318 g/mol. The molecule has 128 valence electrons. The fourth-order valence-corrected chi connectivity index (χ4v) is 4.05. The number of anilines is 1. The van der Waals surface area contributed by atoms with Crippen LogP contribution in [0.1, 0.15) is 12.2 Å². The van der Waals surface area contributed by atoms with Gasteiger partial charge in [0.05, 0.1) is 11.8 Å². The predicted molar refractivity (Wildman–Crippen MR) is 92.9 cm³/mol. The lowest BCUT2D eigenvalue weighted by atomic mass is 9.82. The predicted octanol–water partition coefficient (Wildman–Crippen LogP) is 3.72. The van der Waals surface area contributed by atoms with E-state index in [1.807, 2.05) is 55.5 Å². The van der Waals surface area contributed by atoms with Gasteiger partial charge in [-0.3, -0.25) is 9.59 Å². The number of nitrogens with one attached hydrogen (secondary N) is 1. The number of aryl methyl sites for hydroxylation is 1. The zero-order chi connectivity index (χ0) is 17.6. The van der Waals surface area contributed by atoms with Crippen LogP contribution in [-0.4, -0.2) is 17.0 Å². The van der Waals surface area contributed by atoms with Crippen molar-refractivity contribution >= 4 is 17.6 Å². The molecule has 2 aliphatic carbocycles. The Hall–Kier alpha value is -2.82. The summed E-state index contributed by atoms with van der Waals surface area (Å²) in [7, 11) is 0.